The number of fused-ring (bicyclic) bond motifs is 1. The van der Waals surface area contributed by atoms with Crippen LogP contribution in [0.1, 0.15) is 112 Å². The van der Waals surface area contributed by atoms with Crippen LogP contribution in [0.3, 0.4) is 0 Å². The van der Waals surface area contributed by atoms with Gasteiger partial charge in [-0.3, -0.25) is 9.59 Å². The zero-order chi connectivity index (χ0) is 26.5. The number of rotatable bonds is 7. The maximum absolute atomic E-state index is 11.7. The third kappa shape index (κ3) is 4.69. The summed E-state index contributed by atoms with van der Waals surface area (Å²) in [6.45, 7) is 11.7. The zero-order valence-electron chi connectivity index (χ0n) is 21.8. The minimum Gasteiger partial charge on any atom is -0.507 e. The number of hydrogen-bond donors (Lipinski definition) is 5. The van der Waals surface area contributed by atoms with Crippen molar-refractivity contribution in [3.63, 3.8) is 0 Å². The molecule has 5 N–H and O–H groups in total. The highest BCUT2D eigenvalue weighted by atomic mass is 16.3. The lowest BCUT2D eigenvalue weighted by Crippen LogP contribution is -2.57. The van der Waals surface area contributed by atoms with E-state index in [4.69, 9.17) is 0 Å². The molecule has 0 radical (unpaired) electrons. The Morgan fingerprint density at radius 2 is 1.51 bits per heavy atom. The highest BCUT2D eigenvalue weighted by Crippen LogP contribution is 2.64. The molecule has 0 aliphatic heterocycles. The van der Waals surface area contributed by atoms with Gasteiger partial charge in [0.25, 0.3) is 0 Å². The minimum absolute atomic E-state index is 0.0353. The SMILES string of the molecule is CC(C)C[C@H](c1c(O)c(C=O)c(O)c(C=O)c1O)[C@@H]1CC[C@@](C)(O)[C@@H]2C[C@H](C(C)(C)O)CC[C@]21C. The van der Waals surface area contributed by atoms with Crippen molar-refractivity contribution in [3.05, 3.63) is 16.7 Å². The molecule has 35 heavy (non-hydrogen) atoms. The Bertz CT molecular complexity index is 939. The molecule has 0 heterocycles. The second-order valence-corrected chi connectivity index (χ2v) is 12.4. The fourth-order valence-corrected chi connectivity index (χ4v) is 7.33. The summed E-state index contributed by atoms with van der Waals surface area (Å²) in [4.78, 5) is 23.5. The fourth-order valence-electron chi connectivity index (χ4n) is 7.33. The number of phenolic OH excluding ortho intramolecular Hbond substituents is 3. The first-order valence-corrected chi connectivity index (χ1v) is 12.8. The third-order valence-corrected chi connectivity index (χ3v) is 9.25. The van der Waals surface area contributed by atoms with E-state index in [-0.39, 0.29) is 34.7 Å². The molecule has 2 fully saturated rings. The Labute approximate surface area is 208 Å². The van der Waals surface area contributed by atoms with Crippen molar-refractivity contribution in [2.45, 2.75) is 97.2 Å². The molecule has 1 aromatic carbocycles. The zero-order valence-corrected chi connectivity index (χ0v) is 21.8. The van der Waals surface area contributed by atoms with Crippen molar-refractivity contribution in [1.29, 1.82) is 0 Å². The maximum atomic E-state index is 11.7. The molecule has 1 aromatic rings. The topological polar surface area (TPSA) is 135 Å². The number of aliphatic hydroxyl groups is 2. The summed E-state index contributed by atoms with van der Waals surface area (Å²) in [5.41, 5.74) is -2.85. The molecule has 6 atom stereocenters. The fraction of sp³-hybridized carbons (Fsp3) is 0.714. The van der Waals surface area contributed by atoms with Crippen LogP contribution in [-0.2, 0) is 0 Å². The van der Waals surface area contributed by atoms with E-state index in [9.17, 15) is 35.1 Å². The normalized spacial score (nSPS) is 32.2. The van der Waals surface area contributed by atoms with Crippen LogP contribution >= 0.6 is 0 Å². The molecule has 0 aromatic heterocycles. The van der Waals surface area contributed by atoms with E-state index in [1.165, 1.54) is 0 Å². The molecule has 2 aliphatic rings. The van der Waals surface area contributed by atoms with E-state index in [0.29, 0.717) is 38.3 Å². The maximum Gasteiger partial charge on any atom is 0.157 e. The average molecular weight is 491 g/mol. The molecule has 0 spiro atoms. The predicted molar refractivity (Wildman–Crippen MR) is 133 cm³/mol. The molecular formula is C28H42O7. The molecule has 0 unspecified atom stereocenters. The number of hydrogen-bond acceptors (Lipinski definition) is 7. The summed E-state index contributed by atoms with van der Waals surface area (Å²) in [6, 6.07) is 0. The first-order chi connectivity index (χ1) is 16.1. The van der Waals surface area contributed by atoms with E-state index >= 15 is 0 Å². The molecule has 0 bridgehead atoms. The number of aromatic hydroxyl groups is 3. The number of benzene rings is 1. The van der Waals surface area contributed by atoms with Gasteiger partial charge >= 0.3 is 0 Å². The van der Waals surface area contributed by atoms with E-state index in [1.807, 2.05) is 34.6 Å². The van der Waals surface area contributed by atoms with Gasteiger partial charge in [0.15, 0.2) is 12.6 Å². The van der Waals surface area contributed by atoms with E-state index < -0.39 is 45.5 Å². The van der Waals surface area contributed by atoms with Gasteiger partial charge in [-0.15, -0.1) is 0 Å². The first kappa shape index (κ1) is 27.5. The van der Waals surface area contributed by atoms with Crippen LogP contribution in [0, 0.1) is 29.1 Å². The molecule has 0 amide bonds. The van der Waals surface area contributed by atoms with Crippen molar-refractivity contribution in [3.8, 4) is 17.2 Å². The van der Waals surface area contributed by atoms with Crippen molar-refractivity contribution in [1.82, 2.24) is 0 Å². The van der Waals surface area contributed by atoms with Gasteiger partial charge in [-0.05, 0) is 94.3 Å². The highest BCUT2D eigenvalue weighted by molar-refractivity contribution is 5.95. The Hall–Kier alpha value is -2.12. The van der Waals surface area contributed by atoms with Crippen LogP contribution in [0.5, 0.6) is 17.2 Å². The van der Waals surface area contributed by atoms with Gasteiger partial charge in [-0.25, -0.2) is 0 Å². The Kier molecular flexibility index (Phi) is 7.37. The summed E-state index contributed by atoms with van der Waals surface area (Å²) in [5.74, 6) is -2.10. The summed E-state index contributed by atoms with van der Waals surface area (Å²) in [5, 5.41) is 54.7. The number of phenols is 3. The van der Waals surface area contributed by atoms with Crippen LogP contribution in [-0.4, -0.2) is 49.3 Å². The van der Waals surface area contributed by atoms with Gasteiger partial charge in [0.2, 0.25) is 0 Å². The Balaban J connectivity index is 2.20. The van der Waals surface area contributed by atoms with Gasteiger partial charge in [-0.1, -0.05) is 20.8 Å². The number of carbonyl (C=O) groups is 2. The van der Waals surface area contributed by atoms with Crippen molar-refractivity contribution in [2.75, 3.05) is 0 Å². The largest absolute Gasteiger partial charge is 0.507 e. The minimum atomic E-state index is -0.932. The van der Waals surface area contributed by atoms with Crippen LogP contribution in [0.4, 0.5) is 0 Å². The summed E-state index contributed by atoms with van der Waals surface area (Å²) in [6.07, 6.45) is 4.53. The molecule has 196 valence electrons. The lowest BCUT2D eigenvalue weighted by Gasteiger charge is -2.60. The van der Waals surface area contributed by atoms with Gasteiger partial charge in [0, 0.05) is 5.56 Å². The lowest BCUT2D eigenvalue weighted by molar-refractivity contribution is -0.171. The molecule has 7 nitrogen and oxygen atoms in total. The van der Waals surface area contributed by atoms with Crippen molar-refractivity contribution < 1.29 is 35.1 Å². The van der Waals surface area contributed by atoms with Crippen LogP contribution in [0.25, 0.3) is 0 Å². The standard InChI is InChI=1S/C28H42O7/c1-15(2)11-17(22-24(32)18(13-29)23(31)19(14-30)25(22)33)20-8-10-28(6,35)21-12-16(26(3,4)34)7-9-27(20,21)5/h13-17,20-21,31-35H,7-12H2,1-6H3/t16-,17+,20+,21-,27+,28-/m1/s1. The molecule has 2 aliphatic carbocycles. The molecule has 0 saturated heterocycles. The molecular weight excluding hydrogens is 448 g/mol. The Morgan fingerprint density at radius 3 is 1.97 bits per heavy atom. The molecule has 7 heteroatoms. The number of carbonyl (C=O) groups excluding carboxylic acids is 2. The molecule has 3 rings (SSSR count). The van der Waals surface area contributed by atoms with Crippen molar-refractivity contribution in [2.24, 2.45) is 29.1 Å². The second-order valence-electron chi connectivity index (χ2n) is 12.4. The quantitative estimate of drug-likeness (QED) is 0.343. The number of aldehydes is 2. The van der Waals surface area contributed by atoms with Gasteiger partial charge in [0.05, 0.1) is 22.3 Å². The van der Waals surface area contributed by atoms with E-state index in [2.05, 4.69) is 6.92 Å². The van der Waals surface area contributed by atoms with Gasteiger partial charge in [0.1, 0.15) is 17.2 Å². The lowest BCUT2D eigenvalue weighted by atomic mass is 9.46. The summed E-state index contributed by atoms with van der Waals surface area (Å²) < 4.78 is 0. The highest BCUT2D eigenvalue weighted by Gasteiger charge is 2.58. The van der Waals surface area contributed by atoms with Gasteiger partial charge < -0.3 is 25.5 Å². The smallest absolute Gasteiger partial charge is 0.157 e. The predicted octanol–water partition coefficient (Wildman–Crippen LogP) is 4.91. The van der Waals surface area contributed by atoms with Crippen molar-refractivity contribution >= 4 is 12.6 Å². The van der Waals surface area contributed by atoms with Crippen LogP contribution < -0.4 is 0 Å². The van der Waals surface area contributed by atoms with E-state index in [0.717, 1.165) is 12.8 Å². The molecule has 2 saturated carbocycles. The monoisotopic (exact) mass is 490 g/mol. The first-order valence-electron chi connectivity index (χ1n) is 12.8. The second kappa shape index (κ2) is 9.40. The third-order valence-electron chi connectivity index (χ3n) is 9.25. The van der Waals surface area contributed by atoms with E-state index in [1.54, 1.807) is 0 Å². The Morgan fingerprint density at radius 1 is 0.971 bits per heavy atom. The van der Waals surface area contributed by atoms with Crippen LogP contribution in [0.15, 0.2) is 0 Å². The van der Waals surface area contributed by atoms with Gasteiger partial charge in [-0.2, -0.15) is 0 Å². The summed E-state index contributed by atoms with van der Waals surface area (Å²) >= 11 is 0. The summed E-state index contributed by atoms with van der Waals surface area (Å²) in [7, 11) is 0. The van der Waals surface area contributed by atoms with Crippen LogP contribution in [0.2, 0.25) is 0 Å². The average Bonchev–Trinajstić information content (AvgIpc) is 2.72.